The summed E-state index contributed by atoms with van der Waals surface area (Å²) in [6.45, 7) is 17.8. The maximum Gasteiger partial charge on any atom is 0.290 e. The number of morpholine rings is 2. The Bertz CT molecular complexity index is 4350. The Balaban J connectivity index is 0.000000169. The number of anilines is 6. The number of aromatic nitrogens is 8. The summed E-state index contributed by atoms with van der Waals surface area (Å²) >= 11 is 9.22. The van der Waals surface area contributed by atoms with Crippen LogP contribution in [0.25, 0.3) is 11.3 Å². The van der Waals surface area contributed by atoms with Crippen molar-refractivity contribution in [3.8, 4) is 11.3 Å². The molecule has 0 radical (unpaired) electrons. The third-order valence-corrected chi connectivity index (χ3v) is 17.0. The van der Waals surface area contributed by atoms with E-state index in [2.05, 4.69) is 98.2 Å². The van der Waals surface area contributed by atoms with Crippen molar-refractivity contribution in [3.05, 3.63) is 196 Å². The molecule has 0 unspecified atom stereocenters. The Kier molecular flexibility index (Phi) is 20.5. The zero-order valence-electron chi connectivity index (χ0n) is 53.2. The highest BCUT2D eigenvalue weighted by Crippen LogP contribution is 2.36. The van der Waals surface area contributed by atoms with E-state index in [1.54, 1.807) is 92.7 Å². The summed E-state index contributed by atoms with van der Waals surface area (Å²) < 4.78 is 13.6. The summed E-state index contributed by atoms with van der Waals surface area (Å²) in [5.41, 5.74) is 8.11. The molecule has 94 heavy (non-hydrogen) atoms. The maximum atomic E-state index is 13.7. The van der Waals surface area contributed by atoms with Gasteiger partial charge in [-0.05, 0) is 101 Å². The minimum atomic E-state index is -0.409. The summed E-state index contributed by atoms with van der Waals surface area (Å²) in [6.07, 6.45) is 9.09. The monoisotopic (exact) mass is 1360 g/mol. The van der Waals surface area contributed by atoms with Gasteiger partial charge in [0.25, 0.3) is 34.7 Å². The Morgan fingerprint density at radius 2 is 0.989 bits per heavy atom. The first-order valence-electron chi connectivity index (χ1n) is 30.4. The fraction of sp³-hybridized carbons (Fsp3) is 0.324. The zero-order chi connectivity index (χ0) is 67.2. The molecule has 4 amide bonds. The average molecular weight is 1360 g/mol. The fourth-order valence-electron chi connectivity index (χ4n) is 10.9. The molecule has 2 N–H and O–H groups in total. The molecule has 8 aromatic rings. The van der Waals surface area contributed by atoms with Gasteiger partial charge in [0, 0.05) is 122 Å². The number of fused-ring (bicyclic) bond motifs is 2. The molecule has 24 nitrogen and oxygen atoms in total. The number of nitrogens with one attached hydrogen (secondary N) is 2. The molecule has 2 aromatic carbocycles. The topological polar surface area (TPSA) is 279 Å². The summed E-state index contributed by atoms with van der Waals surface area (Å²) in [5, 5.41) is 14.3. The number of aldehydes is 2. The number of pyridine rings is 4. The Labute approximate surface area is 555 Å². The van der Waals surface area contributed by atoms with Gasteiger partial charge in [-0.3, -0.25) is 48.3 Å². The maximum absolute atomic E-state index is 13.7. The van der Waals surface area contributed by atoms with Gasteiger partial charge in [-0.25, -0.2) is 19.3 Å². The van der Waals surface area contributed by atoms with Gasteiger partial charge in [0.15, 0.2) is 17.7 Å². The molecule has 6 aromatic heterocycles. The molecule has 10 heterocycles. The molecule has 4 aliphatic rings. The summed E-state index contributed by atoms with van der Waals surface area (Å²) in [4.78, 5) is 125. The van der Waals surface area contributed by atoms with Gasteiger partial charge < -0.3 is 39.7 Å². The molecule has 0 aliphatic carbocycles. The quantitative estimate of drug-likeness (QED) is 0.114. The van der Waals surface area contributed by atoms with Crippen molar-refractivity contribution >= 4 is 98.1 Å². The predicted molar refractivity (Wildman–Crippen MR) is 359 cm³/mol. The van der Waals surface area contributed by atoms with Crippen LogP contribution in [-0.2, 0) is 47.2 Å². The minimum absolute atomic E-state index is 0.0514. The first kappa shape index (κ1) is 67.2. The first-order chi connectivity index (χ1) is 44.9. The van der Waals surface area contributed by atoms with E-state index < -0.39 is 5.56 Å². The van der Waals surface area contributed by atoms with Gasteiger partial charge in [0.05, 0.1) is 71.3 Å². The molecular weight excluding hydrogens is 1290 g/mol. The van der Waals surface area contributed by atoms with E-state index in [0.29, 0.717) is 145 Å². The molecule has 2 fully saturated rings. The van der Waals surface area contributed by atoms with Crippen LogP contribution in [0.2, 0.25) is 5.15 Å². The lowest BCUT2D eigenvalue weighted by Crippen LogP contribution is -2.40. The zero-order valence-corrected chi connectivity index (χ0v) is 55.6. The van der Waals surface area contributed by atoms with Crippen molar-refractivity contribution in [2.24, 2.45) is 14.1 Å². The normalized spacial score (nSPS) is 14.7. The van der Waals surface area contributed by atoms with Crippen LogP contribution in [0.4, 0.5) is 34.4 Å². The number of carbonyl (C=O) groups is 6. The van der Waals surface area contributed by atoms with Crippen molar-refractivity contribution in [3.63, 3.8) is 0 Å². The molecule has 486 valence electrons. The highest BCUT2D eigenvalue weighted by molar-refractivity contribution is 9.10. The Morgan fingerprint density at radius 1 is 0.543 bits per heavy atom. The molecule has 4 aliphatic heterocycles. The molecule has 0 atom stereocenters. The molecule has 0 saturated carbocycles. The van der Waals surface area contributed by atoms with E-state index in [1.165, 1.54) is 37.2 Å². The standard InChI is InChI=1S/C34H35N7O5.C19H19BrN2O2.C15H16ClN5O3/c1-34(2,3)29-16-21-10-11-41(32(44)24(21)19-35-29)28-7-5-6-23(25(28)20-42)26-17-27(33(45)39(4)38-26)37-30-9-8-22(18-36-30)31(43)40-12-14-46-15-13-40;1-19(2,3)17-9-12-7-8-22(18(24)13(12)10-21-17)16-6-4-5-15(20)14(16)11-23;1-20-15(23)11(8-12(16)19-20)18-13-3-2-10(9-17-13)14(22)21-4-6-24-7-5-21/h5-9,16-20H,10-15H2,1-4H3,(H,36,37);4-6,9-11H,7-8H2,1-3H3;2-3,8-9H,4-7H2,1H3,(H,17,18). The second-order valence-corrected chi connectivity index (χ2v) is 25.9. The highest BCUT2D eigenvalue weighted by atomic mass is 79.9. The number of benzene rings is 2. The molecule has 12 rings (SSSR count). The van der Waals surface area contributed by atoms with Crippen LogP contribution >= 0.6 is 27.5 Å². The number of rotatable bonds is 11. The number of amides is 4. The molecule has 2 saturated heterocycles. The highest BCUT2D eigenvalue weighted by Gasteiger charge is 2.32. The second-order valence-electron chi connectivity index (χ2n) is 24.6. The van der Waals surface area contributed by atoms with Crippen molar-refractivity contribution < 1.29 is 38.2 Å². The fourth-order valence-corrected chi connectivity index (χ4v) is 11.6. The number of hydrogen-bond acceptors (Lipinski definition) is 18. The Hall–Kier alpha value is -9.69. The van der Waals surface area contributed by atoms with Crippen LogP contribution in [0.1, 0.15) is 126 Å². The lowest BCUT2D eigenvalue weighted by atomic mass is 9.88. The number of carbonyl (C=O) groups excluding carboxylic acids is 6. The molecule has 26 heteroatoms. The van der Waals surface area contributed by atoms with E-state index >= 15 is 0 Å². The third kappa shape index (κ3) is 15.0. The SMILES string of the molecule is CC(C)(C)c1cc2c(cn1)C(=O)N(c1cccc(Br)c1C=O)CC2.Cn1nc(-c2cccc(N3CCc4cc(C(C)(C)C)ncc4C3=O)c2C=O)cc(Nc2ccc(C(=O)N3CCOCC3)cn2)c1=O.Cn1nc(Cl)cc(Nc2ccc(C(=O)N3CCOCC3)cn2)c1=O. The molecular formula is C68H70BrClN14O10. The second kappa shape index (κ2) is 28.7. The summed E-state index contributed by atoms with van der Waals surface area (Å²) in [5.74, 6) is 0.246. The smallest absolute Gasteiger partial charge is 0.290 e. The molecule has 0 bridgehead atoms. The van der Waals surface area contributed by atoms with E-state index in [9.17, 15) is 38.4 Å². The van der Waals surface area contributed by atoms with Crippen LogP contribution in [0.15, 0.2) is 124 Å². The first-order valence-corrected chi connectivity index (χ1v) is 31.6. The predicted octanol–water partition coefficient (Wildman–Crippen LogP) is 8.97. The third-order valence-electron chi connectivity index (χ3n) is 16.1. The summed E-state index contributed by atoms with van der Waals surface area (Å²) in [7, 11) is 3.03. The lowest BCUT2D eigenvalue weighted by molar-refractivity contribution is 0.0301. The number of nitrogens with zero attached hydrogens (tertiary/aromatic N) is 12. The van der Waals surface area contributed by atoms with E-state index in [4.69, 9.17) is 21.1 Å². The van der Waals surface area contributed by atoms with E-state index in [0.717, 1.165) is 39.9 Å². The van der Waals surface area contributed by atoms with Gasteiger partial charge in [0.2, 0.25) is 0 Å². The van der Waals surface area contributed by atoms with Crippen LogP contribution in [-0.4, -0.2) is 151 Å². The Morgan fingerprint density at radius 3 is 1.44 bits per heavy atom. The van der Waals surface area contributed by atoms with Crippen molar-refractivity contribution in [2.45, 2.75) is 65.2 Å². The number of ether oxygens (including phenoxy) is 2. The minimum Gasteiger partial charge on any atom is -0.378 e. The number of hydrogen-bond donors (Lipinski definition) is 2. The van der Waals surface area contributed by atoms with Crippen molar-refractivity contribution in [1.29, 1.82) is 0 Å². The average Bonchev–Trinajstić information content (AvgIpc) is 1.33. The lowest BCUT2D eigenvalue weighted by Gasteiger charge is -2.31. The van der Waals surface area contributed by atoms with Gasteiger partial charge in [-0.2, -0.15) is 10.2 Å². The summed E-state index contributed by atoms with van der Waals surface area (Å²) in [6, 6.07) is 24.2. The van der Waals surface area contributed by atoms with Crippen LogP contribution < -0.4 is 31.6 Å². The largest absolute Gasteiger partial charge is 0.378 e. The van der Waals surface area contributed by atoms with Gasteiger partial charge in [0.1, 0.15) is 23.0 Å². The van der Waals surface area contributed by atoms with Gasteiger partial charge in [-0.1, -0.05) is 71.3 Å². The van der Waals surface area contributed by atoms with E-state index in [1.807, 2.05) is 18.2 Å². The van der Waals surface area contributed by atoms with Gasteiger partial charge >= 0.3 is 0 Å². The van der Waals surface area contributed by atoms with Crippen molar-refractivity contribution in [1.82, 2.24) is 49.3 Å². The number of halogens is 2. The van der Waals surface area contributed by atoms with E-state index in [-0.39, 0.29) is 62.1 Å². The van der Waals surface area contributed by atoms with Crippen molar-refractivity contribution in [2.75, 3.05) is 86.1 Å². The van der Waals surface area contributed by atoms with Crippen LogP contribution in [0.5, 0.6) is 0 Å². The van der Waals surface area contributed by atoms with Gasteiger partial charge in [-0.15, -0.1) is 0 Å². The number of aryl methyl sites for hydroxylation is 2. The molecule has 0 spiro atoms. The van der Waals surface area contributed by atoms with Crippen LogP contribution in [0, 0.1) is 0 Å². The van der Waals surface area contributed by atoms with Crippen LogP contribution in [0.3, 0.4) is 0 Å².